The van der Waals surface area contributed by atoms with Gasteiger partial charge in [-0.2, -0.15) is 4.31 Å². The molecule has 0 fully saturated rings. The third-order valence-electron chi connectivity index (χ3n) is 3.97. The van der Waals surface area contributed by atoms with Crippen molar-refractivity contribution < 1.29 is 17.9 Å². The lowest BCUT2D eigenvalue weighted by molar-refractivity contribution is 0.397. The topological polar surface area (TPSA) is 55.8 Å². The Hall–Kier alpha value is -2.05. The number of hydrogen-bond acceptors (Lipinski definition) is 4. The van der Waals surface area contributed by atoms with Gasteiger partial charge in [0.15, 0.2) is 0 Å². The zero-order valence-electron chi connectivity index (χ0n) is 14.7. The molecule has 130 valence electrons. The molecule has 6 heteroatoms. The largest absolute Gasteiger partial charge is 0.496 e. The van der Waals surface area contributed by atoms with Gasteiger partial charge in [-0.1, -0.05) is 18.2 Å². The number of ether oxygens (including phenoxy) is 2. The molecule has 0 aliphatic heterocycles. The summed E-state index contributed by atoms with van der Waals surface area (Å²) in [6.07, 6.45) is 0. The van der Waals surface area contributed by atoms with Crippen LogP contribution < -0.4 is 9.47 Å². The number of nitrogens with zero attached hydrogens (tertiary/aromatic N) is 1. The van der Waals surface area contributed by atoms with Gasteiger partial charge in [0, 0.05) is 19.2 Å². The Morgan fingerprint density at radius 2 is 1.58 bits per heavy atom. The van der Waals surface area contributed by atoms with Crippen LogP contribution in [0.15, 0.2) is 41.3 Å². The van der Waals surface area contributed by atoms with E-state index in [4.69, 9.17) is 9.47 Å². The van der Waals surface area contributed by atoms with Gasteiger partial charge >= 0.3 is 0 Å². The number of aryl methyl sites for hydroxylation is 2. The van der Waals surface area contributed by atoms with Gasteiger partial charge in [-0.15, -0.1) is 0 Å². The van der Waals surface area contributed by atoms with Gasteiger partial charge in [-0.25, -0.2) is 8.42 Å². The Morgan fingerprint density at radius 1 is 0.958 bits per heavy atom. The first-order valence-corrected chi connectivity index (χ1v) is 8.98. The molecule has 0 aliphatic carbocycles. The number of rotatable bonds is 6. The van der Waals surface area contributed by atoms with E-state index < -0.39 is 10.0 Å². The zero-order valence-corrected chi connectivity index (χ0v) is 15.5. The minimum absolute atomic E-state index is 0.233. The van der Waals surface area contributed by atoms with E-state index in [0.29, 0.717) is 17.1 Å². The number of para-hydroxylation sites is 1. The van der Waals surface area contributed by atoms with Gasteiger partial charge in [0.05, 0.1) is 19.1 Å². The van der Waals surface area contributed by atoms with Crippen LogP contribution in [0.4, 0.5) is 0 Å². The molecule has 0 saturated carbocycles. The van der Waals surface area contributed by atoms with Crippen molar-refractivity contribution in [2.75, 3.05) is 21.3 Å². The summed E-state index contributed by atoms with van der Waals surface area (Å²) in [6.45, 7) is 3.83. The molecule has 0 heterocycles. The molecule has 2 rings (SSSR count). The molecular weight excluding hydrogens is 326 g/mol. The van der Waals surface area contributed by atoms with Crippen molar-refractivity contribution in [3.8, 4) is 11.5 Å². The second kappa shape index (κ2) is 7.23. The summed E-state index contributed by atoms with van der Waals surface area (Å²) in [5.74, 6) is 1.35. The third-order valence-corrected chi connectivity index (χ3v) is 5.91. The maximum atomic E-state index is 13.0. The van der Waals surface area contributed by atoms with Crippen LogP contribution in [0, 0.1) is 13.8 Å². The third kappa shape index (κ3) is 3.55. The number of hydrogen-bond donors (Lipinski definition) is 0. The quantitative estimate of drug-likeness (QED) is 0.804. The minimum Gasteiger partial charge on any atom is -0.496 e. The highest BCUT2D eigenvalue weighted by atomic mass is 32.2. The number of methoxy groups -OCH3 is 2. The second-order valence-corrected chi connectivity index (χ2v) is 7.67. The SMILES string of the molecule is COc1cc(C)c(S(=O)(=O)N(C)Cc2ccccc2OC)cc1C. The van der Waals surface area contributed by atoms with Crippen molar-refractivity contribution in [3.05, 3.63) is 53.1 Å². The highest BCUT2D eigenvalue weighted by molar-refractivity contribution is 7.89. The van der Waals surface area contributed by atoms with E-state index in [0.717, 1.165) is 11.1 Å². The first-order valence-electron chi connectivity index (χ1n) is 7.54. The molecule has 0 saturated heterocycles. The summed E-state index contributed by atoms with van der Waals surface area (Å²) >= 11 is 0. The Bertz CT molecular complexity index is 831. The van der Waals surface area contributed by atoms with Crippen molar-refractivity contribution >= 4 is 10.0 Å². The molecule has 0 atom stereocenters. The monoisotopic (exact) mass is 349 g/mol. The van der Waals surface area contributed by atoms with Gasteiger partial charge in [0.1, 0.15) is 11.5 Å². The highest BCUT2D eigenvalue weighted by Gasteiger charge is 2.24. The van der Waals surface area contributed by atoms with Crippen LogP contribution in [0.2, 0.25) is 0 Å². The van der Waals surface area contributed by atoms with Gasteiger partial charge in [-0.3, -0.25) is 0 Å². The van der Waals surface area contributed by atoms with Gasteiger partial charge in [-0.05, 0) is 43.2 Å². The fourth-order valence-corrected chi connectivity index (χ4v) is 4.02. The molecule has 0 N–H and O–H groups in total. The molecule has 0 radical (unpaired) electrons. The van der Waals surface area contributed by atoms with E-state index >= 15 is 0 Å². The predicted molar refractivity (Wildman–Crippen MR) is 94.1 cm³/mol. The maximum Gasteiger partial charge on any atom is 0.243 e. The minimum atomic E-state index is -3.62. The number of sulfonamides is 1. The molecule has 5 nitrogen and oxygen atoms in total. The van der Waals surface area contributed by atoms with Crippen LogP contribution in [-0.2, 0) is 16.6 Å². The standard InChI is InChI=1S/C18H23NO4S/c1-13-11-18(14(2)10-17(13)23-5)24(20,21)19(3)12-15-8-6-7-9-16(15)22-4/h6-11H,12H2,1-5H3. The summed E-state index contributed by atoms with van der Waals surface area (Å²) in [7, 11) is 1.10. The van der Waals surface area contributed by atoms with E-state index in [1.54, 1.807) is 40.3 Å². The molecule has 0 unspecified atom stereocenters. The number of benzene rings is 2. The van der Waals surface area contributed by atoms with Crippen molar-refractivity contribution in [1.82, 2.24) is 4.31 Å². The lowest BCUT2D eigenvalue weighted by atomic mass is 10.1. The van der Waals surface area contributed by atoms with Crippen LogP contribution in [0.1, 0.15) is 16.7 Å². The van der Waals surface area contributed by atoms with E-state index in [-0.39, 0.29) is 11.4 Å². The van der Waals surface area contributed by atoms with E-state index in [1.165, 1.54) is 4.31 Å². The second-order valence-electron chi connectivity index (χ2n) is 5.66. The van der Waals surface area contributed by atoms with Crippen LogP contribution in [0.25, 0.3) is 0 Å². The summed E-state index contributed by atoms with van der Waals surface area (Å²) in [6, 6.07) is 10.8. The molecule has 2 aromatic rings. The van der Waals surface area contributed by atoms with Gasteiger partial charge < -0.3 is 9.47 Å². The zero-order chi connectivity index (χ0) is 17.9. The normalized spacial score (nSPS) is 11.6. The molecule has 0 spiro atoms. The van der Waals surface area contributed by atoms with E-state index in [1.807, 2.05) is 31.2 Å². The molecular formula is C18H23NO4S. The summed E-state index contributed by atoms with van der Waals surface area (Å²) < 4.78 is 37.8. The Labute approximate surface area is 143 Å². The molecule has 24 heavy (non-hydrogen) atoms. The van der Waals surface area contributed by atoms with Crippen molar-refractivity contribution in [1.29, 1.82) is 0 Å². The molecule has 0 aliphatic rings. The Morgan fingerprint density at radius 3 is 2.21 bits per heavy atom. The summed E-state index contributed by atoms with van der Waals surface area (Å²) in [4.78, 5) is 0.290. The molecule has 2 aromatic carbocycles. The maximum absolute atomic E-state index is 13.0. The highest BCUT2D eigenvalue weighted by Crippen LogP contribution is 2.28. The van der Waals surface area contributed by atoms with Gasteiger partial charge in [0.25, 0.3) is 0 Å². The lowest BCUT2D eigenvalue weighted by Crippen LogP contribution is -2.27. The average molecular weight is 349 g/mol. The first-order chi connectivity index (χ1) is 11.3. The van der Waals surface area contributed by atoms with Crippen LogP contribution in [0.5, 0.6) is 11.5 Å². The lowest BCUT2D eigenvalue weighted by Gasteiger charge is -2.20. The van der Waals surface area contributed by atoms with Crippen LogP contribution in [-0.4, -0.2) is 34.0 Å². The van der Waals surface area contributed by atoms with E-state index in [2.05, 4.69) is 0 Å². The van der Waals surface area contributed by atoms with E-state index in [9.17, 15) is 8.42 Å². The Balaban J connectivity index is 2.38. The molecule has 0 amide bonds. The van der Waals surface area contributed by atoms with Gasteiger partial charge in [0.2, 0.25) is 10.0 Å². The fourth-order valence-electron chi connectivity index (χ4n) is 2.59. The Kier molecular flexibility index (Phi) is 5.51. The predicted octanol–water partition coefficient (Wildman–Crippen LogP) is 3.14. The summed E-state index contributed by atoms with van der Waals surface area (Å²) in [5, 5.41) is 0. The van der Waals surface area contributed by atoms with Crippen molar-refractivity contribution in [2.24, 2.45) is 0 Å². The van der Waals surface area contributed by atoms with Crippen molar-refractivity contribution in [3.63, 3.8) is 0 Å². The summed E-state index contributed by atoms with van der Waals surface area (Å²) in [5.41, 5.74) is 2.26. The first kappa shape index (κ1) is 18.3. The fraction of sp³-hybridized carbons (Fsp3) is 0.333. The van der Waals surface area contributed by atoms with Crippen LogP contribution >= 0.6 is 0 Å². The van der Waals surface area contributed by atoms with Crippen molar-refractivity contribution in [2.45, 2.75) is 25.3 Å². The molecule has 0 bridgehead atoms. The molecule has 0 aromatic heterocycles. The smallest absolute Gasteiger partial charge is 0.243 e. The average Bonchev–Trinajstić information content (AvgIpc) is 2.56. The van der Waals surface area contributed by atoms with Crippen LogP contribution in [0.3, 0.4) is 0 Å².